The standard InChI is InChI=1S/C10H22NO2P/c1-6-14(13,7-2)10(4,5)8-9(3)11-12/h12H,6-8H2,1-5H3. The lowest BCUT2D eigenvalue weighted by Crippen LogP contribution is -2.25. The van der Waals surface area contributed by atoms with Gasteiger partial charge >= 0.3 is 0 Å². The number of hydrogen-bond donors (Lipinski definition) is 1. The molecule has 0 saturated carbocycles. The van der Waals surface area contributed by atoms with Crippen molar-refractivity contribution < 1.29 is 9.77 Å². The fourth-order valence-corrected chi connectivity index (χ4v) is 4.56. The summed E-state index contributed by atoms with van der Waals surface area (Å²) in [6.07, 6.45) is 2.03. The van der Waals surface area contributed by atoms with Crippen LogP contribution in [0, 0.1) is 0 Å². The zero-order valence-electron chi connectivity index (χ0n) is 9.87. The van der Waals surface area contributed by atoms with E-state index >= 15 is 0 Å². The van der Waals surface area contributed by atoms with Crippen LogP contribution in [-0.2, 0) is 4.57 Å². The highest BCUT2D eigenvalue weighted by Gasteiger charge is 2.37. The fraction of sp³-hybridized carbons (Fsp3) is 0.900. The van der Waals surface area contributed by atoms with E-state index in [1.165, 1.54) is 0 Å². The molecule has 0 saturated heterocycles. The Balaban J connectivity index is 4.84. The van der Waals surface area contributed by atoms with Crippen LogP contribution in [0.25, 0.3) is 0 Å². The van der Waals surface area contributed by atoms with Gasteiger partial charge in [0.1, 0.15) is 0 Å². The number of rotatable bonds is 5. The molecule has 0 radical (unpaired) electrons. The smallest absolute Gasteiger partial charge is 0.0928 e. The lowest BCUT2D eigenvalue weighted by atomic mass is 10.1. The second kappa shape index (κ2) is 4.97. The van der Waals surface area contributed by atoms with Crippen molar-refractivity contribution in [2.75, 3.05) is 12.3 Å². The zero-order chi connectivity index (χ0) is 11.4. The number of nitrogens with zero attached hydrogens (tertiary/aromatic N) is 1. The Morgan fingerprint density at radius 2 is 1.79 bits per heavy atom. The molecule has 0 aliphatic heterocycles. The third-order valence-corrected chi connectivity index (χ3v) is 7.39. The molecule has 3 nitrogen and oxygen atoms in total. The maximum Gasteiger partial charge on any atom is 0.0928 e. The Bertz CT molecular complexity index is 251. The van der Waals surface area contributed by atoms with Crippen LogP contribution >= 0.6 is 7.14 Å². The highest BCUT2D eigenvalue weighted by atomic mass is 31.2. The molecule has 0 bridgehead atoms. The summed E-state index contributed by atoms with van der Waals surface area (Å²) in [6.45, 7) is 9.69. The van der Waals surface area contributed by atoms with Gasteiger partial charge in [0.15, 0.2) is 0 Å². The molecule has 1 N–H and O–H groups in total. The normalized spacial score (nSPS) is 14.5. The summed E-state index contributed by atoms with van der Waals surface area (Å²) < 4.78 is 12.5. The van der Waals surface area contributed by atoms with Gasteiger partial charge in [-0.05, 0) is 19.2 Å². The van der Waals surface area contributed by atoms with Gasteiger partial charge in [-0.1, -0.05) is 32.9 Å². The molecule has 0 aromatic carbocycles. The molecular formula is C10H22NO2P. The van der Waals surface area contributed by atoms with Crippen molar-refractivity contribution in [2.24, 2.45) is 5.16 Å². The third kappa shape index (κ3) is 2.84. The van der Waals surface area contributed by atoms with E-state index in [2.05, 4.69) is 5.16 Å². The highest BCUT2D eigenvalue weighted by molar-refractivity contribution is 7.65. The van der Waals surface area contributed by atoms with E-state index in [9.17, 15) is 4.57 Å². The average Bonchev–Trinajstić information content (AvgIpc) is 2.15. The molecule has 0 fully saturated rings. The van der Waals surface area contributed by atoms with Crippen LogP contribution in [0.3, 0.4) is 0 Å². The van der Waals surface area contributed by atoms with Crippen LogP contribution in [0.1, 0.15) is 41.0 Å². The minimum absolute atomic E-state index is 0.257. The molecule has 0 heterocycles. The Morgan fingerprint density at radius 1 is 1.36 bits per heavy atom. The van der Waals surface area contributed by atoms with Crippen molar-refractivity contribution in [3.05, 3.63) is 0 Å². The topological polar surface area (TPSA) is 49.7 Å². The van der Waals surface area contributed by atoms with Crippen molar-refractivity contribution >= 4 is 12.9 Å². The third-order valence-electron chi connectivity index (χ3n) is 2.98. The van der Waals surface area contributed by atoms with Gasteiger partial charge in [0, 0.05) is 11.6 Å². The molecular weight excluding hydrogens is 197 g/mol. The quantitative estimate of drug-likeness (QED) is 0.333. The first-order valence-electron chi connectivity index (χ1n) is 5.08. The molecule has 0 aliphatic carbocycles. The molecule has 0 aromatic rings. The SMILES string of the molecule is CCP(=O)(CC)C(C)(C)CC(C)=NO. The van der Waals surface area contributed by atoms with Crippen LogP contribution in [0.5, 0.6) is 0 Å². The predicted octanol–water partition coefficient (Wildman–Crippen LogP) is 3.41. The number of hydrogen-bond acceptors (Lipinski definition) is 3. The van der Waals surface area contributed by atoms with Gasteiger partial charge in [0.05, 0.1) is 12.9 Å². The minimum atomic E-state index is -2.14. The molecule has 0 amide bonds. The summed E-state index contributed by atoms with van der Waals surface area (Å²) in [5.74, 6) is 0. The summed E-state index contributed by atoms with van der Waals surface area (Å²) >= 11 is 0. The van der Waals surface area contributed by atoms with Gasteiger partial charge < -0.3 is 9.77 Å². The van der Waals surface area contributed by atoms with Gasteiger partial charge in [-0.15, -0.1) is 0 Å². The molecule has 4 heteroatoms. The monoisotopic (exact) mass is 219 g/mol. The molecule has 0 aromatic heterocycles. The lowest BCUT2D eigenvalue weighted by Gasteiger charge is -2.33. The van der Waals surface area contributed by atoms with Crippen LogP contribution in [0.15, 0.2) is 5.16 Å². The second-order valence-electron chi connectivity index (χ2n) is 4.35. The summed E-state index contributed by atoms with van der Waals surface area (Å²) in [5.41, 5.74) is 0.650. The molecule has 0 unspecified atom stereocenters. The lowest BCUT2D eigenvalue weighted by molar-refractivity contribution is 0.316. The summed E-state index contributed by atoms with van der Waals surface area (Å²) in [4.78, 5) is 0. The van der Waals surface area contributed by atoms with E-state index in [0.717, 1.165) is 12.3 Å². The largest absolute Gasteiger partial charge is 0.411 e. The van der Waals surface area contributed by atoms with Gasteiger partial charge in [-0.3, -0.25) is 0 Å². The van der Waals surface area contributed by atoms with Crippen LogP contribution in [0.4, 0.5) is 0 Å². The van der Waals surface area contributed by atoms with Crippen molar-refractivity contribution in [3.8, 4) is 0 Å². The molecule has 0 spiro atoms. The van der Waals surface area contributed by atoms with E-state index in [4.69, 9.17) is 5.21 Å². The zero-order valence-corrected chi connectivity index (χ0v) is 10.8. The average molecular weight is 219 g/mol. The van der Waals surface area contributed by atoms with Crippen molar-refractivity contribution in [1.82, 2.24) is 0 Å². The Morgan fingerprint density at radius 3 is 2.07 bits per heavy atom. The van der Waals surface area contributed by atoms with Gasteiger partial charge in [-0.2, -0.15) is 0 Å². The predicted molar refractivity (Wildman–Crippen MR) is 62.3 cm³/mol. The molecule has 14 heavy (non-hydrogen) atoms. The Labute approximate surface area is 87.0 Å². The number of oxime groups is 1. The minimum Gasteiger partial charge on any atom is -0.411 e. The van der Waals surface area contributed by atoms with Crippen molar-refractivity contribution in [2.45, 2.75) is 46.2 Å². The highest BCUT2D eigenvalue weighted by Crippen LogP contribution is 2.58. The maximum atomic E-state index is 12.5. The van der Waals surface area contributed by atoms with Gasteiger partial charge in [-0.25, -0.2) is 0 Å². The molecule has 84 valence electrons. The first kappa shape index (κ1) is 13.7. The Kier molecular flexibility index (Phi) is 4.87. The fourth-order valence-electron chi connectivity index (χ4n) is 1.89. The Hall–Kier alpha value is -0.300. The van der Waals surface area contributed by atoms with Crippen molar-refractivity contribution in [1.29, 1.82) is 0 Å². The van der Waals surface area contributed by atoms with E-state index in [1.54, 1.807) is 6.92 Å². The van der Waals surface area contributed by atoms with E-state index in [1.807, 2.05) is 27.7 Å². The van der Waals surface area contributed by atoms with Gasteiger partial charge in [0.2, 0.25) is 0 Å². The first-order chi connectivity index (χ1) is 6.33. The molecule has 0 rings (SSSR count). The summed E-state index contributed by atoms with van der Waals surface area (Å²) in [5, 5.41) is 11.5. The second-order valence-corrected chi connectivity index (χ2v) is 8.60. The van der Waals surface area contributed by atoms with E-state index in [-0.39, 0.29) is 5.16 Å². The summed E-state index contributed by atoms with van der Waals surface area (Å²) in [7, 11) is -2.14. The molecule has 0 atom stereocenters. The first-order valence-corrected chi connectivity index (χ1v) is 7.16. The van der Waals surface area contributed by atoms with E-state index < -0.39 is 7.14 Å². The van der Waals surface area contributed by atoms with Crippen LogP contribution < -0.4 is 0 Å². The molecule has 0 aliphatic rings. The van der Waals surface area contributed by atoms with E-state index in [0.29, 0.717) is 12.1 Å². The van der Waals surface area contributed by atoms with Crippen LogP contribution in [0.2, 0.25) is 0 Å². The van der Waals surface area contributed by atoms with Gasteiger partial charge in [0.25, 0.3) is 0 Å². The van der Waals surface area contributed by atoms with Crippen LogP contribution in [-0.4, -0.2) is 28.4 Å². The summed E-state index contributed by atoms with van der Waals surface area (Å²) in [6, 6.07) is 0. The maximum absolute atomic E-state index is 12.5. The van der Waals surface area contributed by atoms with Crippen molar-refractivity contribution in [3.63, 3.8) is 0 Å².